The van der Waals surface area contributed by atoms with E-state index in [0.29, 0.717) is 5.06 Å². The fourth-order valence-electron chi connectivity index (χ4n) is 2.15. The molecule has 1 aromatic rings. The molecule has 0 spiro atoms. The van der Waals surface area contributed by atoms with Crippen molar-refractivity contribution in [3.8, 4) is 0 Å². The first-order chi connectivity index (χ1) is 14.5. The van der Waals surface area contributed by atoms with E-state index >= 15 is 0 Å². The van der Waals surface area contributed by atoms with Gasteiger partial charge in [-0.25, -0.2) is 4.79 Å². The molecule has 0 aromatic heterocycles. The summed E-state index contributed by atoms with van der Waals surface area (Å²) < 4.78 is 0.727. The SMILES string of the molecule is N[C@@H](CNC(=O)N[C@@H](CCC(=O)N(O)c1ccc(Br)cc1)C(=O)NCC(=O)O)C(=O)O. The average molecular weight is 504 g/mol. The van der Waals surface area contributed by atoms with Crippen molar-refractivity contribution in [2.45, 2.75) is 24.9 Å². The standard InChI is InChI=1S/C17H22BrN5O8/c18-9-1-3-10(4-2-9)23(31)13(24)6-5-12(15(27)20-8-14(25)26)22-17(30)21-7-11(19)16(28)29/h1-4,11-12,31H,5-8,19H2,(H,20,27)(H,25,26)(H,28,29)(H2,21,22,30)/t11-,12-/m0/s1. The maximum atomic E-state index is 12.2. The number of aliphatic carboxylic acids is 2. The molecule has 0 aliphatic carbocycles. The monoisotopic (exact) mass is 503 g/mol. The Balaban J connectivity index is 2.74. The Kier molecular flexibility index (Phi) is 10.4. The van der Waals surface area contributed by atoms with Gasteiger partial charge in [-0.15, -0.1) is 0 Å². The molecule has 0 unspecified atom stereocenters. The topological polar surface area (TPSA) is 211 Å². The third-order valence-electron chi connectivity index (χ3n) is 3.79. The van der Waals surface area contributed by atoms with E-state index in [2.05, 4.69) is 31.9 Å². The summed E-state index contributed by atoms with van der Waals surface area (Å²) in [6, 6.07) is 2.47. The van der Waals surface area contributed by atoms with Gasteiger partial charge in [0.1, 0.15) is 18.6 Å². The molecular formula is C17H22BrN5O8. The van der Waals surface area contributed by atoms with Crippen LogP contribution in [0.1, 0.15) is 12.8 Å². The molecule has 0 bridgehead atoms. The number of urea groups is 1. The third-order valence-corrected chi connectivity index (χ3v) is 4.32. The van der Waals surface area contributed by atoms with Crippen LogP contribution in [-0.2, 0) is 19.2 Å². The number of nitrogens with one attached hydrogen (secondary N) is 3. The van der Waals surface area contributed by atoms with Crippen LogP contribution in [0.3, 0.4) is 0 Å². The molecular weight excluding hydrogens is 482 g/mol. The molecule has 14 heteroatoms. The smallest absolute Gasteiger partial charge is 0.322 e. The molecule has 1 rings (SSSR count). The molecule has 1 aromatic carbocycles. The van der Waals surface area contributed by atoms with Gasteiger partial charge in [-0.1, -0.05) is 15.9 Å². The second kappa shape index (κ2) is 12.5. The lowest BCUT2D eigenvalue weighted by Crippen LogP contribution is -2.53. The van der Waals surface area contributed by atoms with E-state index in [0.717, 1.165) is 4.47 Å². The number of carbonyl (C=O) groups is 5. The normalized spacial score (nSPS) is 12.2. The zero-order valence-electron chi connectivity index (χ0n) is 16.1. The lowest BCUT2D eigenvalue weighted by Gasteiger charge is -2.20. The maximum absolute atomic E-state index is 12.2. The van der Waals surface area contributed by atoms with Gasteiger partial charge in [-0.2, -0.15) is 5.06 Å². The molecule has 0 aliphatic heterocycles. The third kappa shape index (κ3) is 9.41. The lowest BCUT2D eigenvalue weighted by atomic mass is 10.1. The van der Waals surface area contributed by atoms with Crippen molar-refractivity contribution in [3.05, 3.63) is 28.7 Å². The van der Waals surface area contributed by atoms with Crippen LogP contribution in [0.2, 0.25) is 0 Å². The highest BCUT2D eigenvalue weighted by molar-refractivity contribution is 9.10. The van der Waals surface area contributed by atoms with Crippen LogP contribution in [0.4, 0.5) is 10.5 Å². The number of carbonyl (C=O) groups excluding carboxylic acids is 3. The Morgan fingerprint density at radius 3 is 2.23 bits per heavy atom. The predicted molar refractivity (Wildman–Crippen MR) is 109 cm³/mol. The van der Waals surface area contributed by atoms with Gasteiger partial charge in [0.2, 0.25) is 5.91 Å². The van der Waals surface area contributed by atoms with Gasteiger partial charge in [0, 0.05) is 17.4 Å². The molecule has 4 amide bonds. The van der Waals surface area contributed by atoms with Crippen LogP contribution in [0.5, 0.6) is 0 Å². The van der Waals surface area contributed by atoms with Gasteiger partial charge in [0.25, 0.3) is 5.91 Å². The maximum Gasteiger partial charge on any atom is 0.322 e. The Bertz CT molecular complexity index is 819. The molecule has 8 N–H and O–H groups in total. The molecule has 2 atom stereocenters. The van der Waals surface area contributed by atoms with Crippen molar-refractivity contribution in [1.82, 2.24) is 16.0 Å². The minimum Gasteiger partial charge on any atom is -0.480 e. The molecule has 0 saturated heterocycles. The summed E-state index contributed by atoms with van der Waals surface area (Å²) in [5, 5.41) is 34.2. The van der Waals surface area contributed by atoms with Crippen LogP contribution >= 0.6 is 15.9 Å². The highest BCUT2D eigenvalue weighted by Crippen LogP contribution is 2.18. The van der Waals surface area contributed by atoms with E-state index in [4.69, 9.17) is 15.9 Å². The fourth-order valence-corrected chi connectivity index (χ4v) is 2.42. The Morgan fingerprint density at radius 1 is 1.06 bits per heavy atom. The van der Waals surface area contributed by atoms with Crippen molar-refractivity contribution in [1.29, 1.82) is 0 Å². The second-order valence-electron chi connectivity index (χ2n) is 6.18. The van der Waals surface area contributed by atoms with Gasteiger partial charge >= 0.3 is 18.0 Å². The van der Waals surface area contributed by atoms with E-state index in [1.54, 1.807) is 12.1 Å². The molecule has 13 nitrogen and oxygen atoms in total. The molecule has 0 fully saturated rings. The first kappa shape index (κ1) is 25.8. The number of nitrogens with two attached hydrogens (primary N) is 1. The average Bonchev–Trinajstić information content (AvgIpc) is 2.72. The van der Waals surface area contributed by atoms with E-state index in [1.807, 2.05) is 0 Å². The van der Waals surface area contributed by atoms with Crippen LogP contribution < -0.4 is 26.7 Å². The summed E-state index contributed by atoms with van der Waals surface area (Å²) in [5.74, 6) is -4.34. The number of hydroxylamine groups is 1. The number of carboxylic acids is 2. The molecule has 0 saturated carbocycles. The zero-order valence-corrected chi connectivity index (χ0v) is 17.7. The zero-order chi connectivity index (χ0) is 23.6. The molecule has 0 radical (unpaired) electrons. The molecule has 170 valence electrons. The summed E-state index contributed by atoms with van der Waals surface area (Å²) in [6.07, 6.45) is -0.664. The number of anilines is 1. The quantitative estimate of drug-likeness (QED) is 0.149. The van der Waals surface area contributed by atoms with Gasteiger partial charge < -0.3 is 31.9 Å². The van der Waals surface area contributed by atoms with Crippen molar-refractivity contribution in [3.63, 3.8) is 0 Å². The number of benzene rings is 1. The molecule has 31 heavy (non-hydrogen) atoms. The van der Waals surface area contributed by atoms with Crippen LogP contribution in [0.15, 0.2) is 28.7 Å². The number of nitrogens with zero attached hydrogens (tertiary/aromatic N) is 1. The second-order valence-corrected chi connectivity index (χ2v) is 7.10. The summed E-state index contributed by atoms with van der Waals surface area (Å²) >= 11 is 3.22. The van der Waals surface area contributed by atoms with Crippen LogP contribution in [-0.4, -0.2) is 70.4 Å². The van der Waals surface area contributed by atoms with Crippen LogP contribution in [0, 0.1) is 0 Å². The summed E-state index contributed by atoms with van der Waals surface area (Å²) in [6.45, 7) is -1.15. The van der Waals surface area contributed by atoms with Crippen molar-refractivity contribution >= 4 is 51.4 Å². The van der Waals surface area contributed by atoms with E-state index in [9.17, 15) is 29.2 Å². The predicted octanol–water partition coefficient (Wildman–Crippen LogP) is -0.768. The number of amides is 4. The Labute approximate surface area is 184 Å². The Morgan fingerprint density at radius 2 is 1.68 bits per heavy atom. The van der Waals surface area contributed by atoms with E-state index in [-0.39, 0.29) is 18.5 Å². The van der Waals surface area contributed by atoms with E-state index < -0.39 is 55.0 Å². The first-order valence-electron chi connectivity index (χ1n) is 8.81. The van der Waals surface area contributed by atoms with Crippen molar-refractivity contribution in [2.24, 2.45) is 5.73 Å². The largest absolute Gasteiger partial charge is 0.480 e. The van der Waals surface area contributed by atoms with Gasteiger partial charge in [0.15, 0.2) is 0 Å². The summed E-state index contributed by atoms with van der Waals surface area (Å²) in [7, 11) is 0. The van der Waals surface area contributed by atoms with Crippen molar-refractivity contribution < 1.29 is 39.4 Å². The van der Waals surface area contributed by atoms with Gasteiger partial charge in [-0.3, -0.25) is 24.4 Å². The Hall–Kier alpha value is -3.23. The highest BCUT2D eigenvalue weighted by Gasteiger charge is 2.24. The summed E-state index contributed by atoms with van der Waals surface area (Å²) in [4.78, 5) is 57.7. The fraction of sp³-hybridized carbons (Fsp3) is 0.353. The molecule has 0 aliphatic rings. The minimum atomic E-state index is -1.37. The number of rotatable bonds is 11. The van der Waals surface area contributed by atoms with Crippen LogP contribution in [0.25, 0.3) is 0 Å². The van der Waals surface area contributed by atoms with Gasteiger partial charge in [0.05, 0.1) is 5.69 Å². The van der Waals surface area contributed by atoms with Crippen molar-refractivity contribution in [2.75, 3.05) is 18.2 Å². The number of hydrogen-bond donors (Lipinski definition) is 7. The number of halogens is 1. The lowest BCUT2D eigenvalue weighted by molar-refractivity contribution is -0.138. The van der Waals surface area contributed by atoms with E-state index in [1.165, 1.54) is 12.1 Å². The number of hydrogen-bond acceptors (Lipinski definition) is 7. The highest BCUT2D eigenvalue weighted by atomic mass is 79.9. The number of carboxylic acid groups (broad SMARTS) is 2. The first-order valence-corrected chi connectivity index (χ1v) is 9.60. The summed E-state index contributed by atoms with van der Waals surface area (Å²) in [5.41, 5.74) is 5.44. The molecule has 0 heterocycles. The minimum absolute atomic E-state index is 0.174. The van der Waals surface area contributed by atoms with Gasteiger partial charge in [-0.05, 0) is 30.7 Å².